The summed E-state index contributed by atoms with van der Waals surface area (Å²) in [7, 11) is 0. The van der Waals surface area contributed by atoms with E-state index in [0.29, 0.717) is 15.7 Å². The number of hydrogen-bond acceptors (Lipinski definition) is 2. The van der Waals surface area contributed by atoms with Crippen molar-refractivity contribution in [1.29, 1.82) is 0 Å². The van der Waals surface area contributed by atoms with Gasteiger partial charge in [-0.05, 0) is 30.2 Å². The van der Waals surface area contributed by atoms with E-state index in [0.717, 1.165) is 11.1 Å². The lowest BCUT2D eigenvalue weighted by Crippen LogP contribution is -1.93. The van der Waals surface area contributed by atoms with Gasteiger partial charge in [-0.1, -0.05) is 53.5 Å². The van der Waals surface area contributed by atoms with Crippen LogP contribution in [0.2, 0.25) is 10.0 Å². The number of halogens is 2. The Morgan fingerprint density at radius 1 is 1.00 bits per heavy atom. The highest BCUT2D eigenvalue weighted by molar-refractivity contribution is 6.39. The van der Waals surface area contributed by atoms with Crippen LogP contribution in [0.3, 0.4) is 0 Å². The molecule has 0 saturated heterocycles. The van der Waals surface area contributed by atoms with E-state index < -0.39 is 0 Å². The Morgan fingerprint density at radius 2 is 1.67 bits per heavy atom. The van der Waals surface area contributed by atoms with Gasteiger partial charge >= 0.3 is 0 Å². The van der Waals surface area contributed by atoms with Gasteiger partial charge in [0.2, 0.25) is 0 Å². The van der Waals surface area contributed by atoms with Crippen LogP contribution in [-0.4, -0.2) is 6.21 Å². The summed E-state index contributed by atoms with van der Waals surface area (Å²) in [5.41, 5.74) is 5.69. The van der Waals surface area contributed by atoms with Crippen LogP contribution in [0, 0.1) is 6.92 Å². The van der Waals surface area contributed by atoms with Gasteiger partial charge in [-0.2, -0.15) is 5.10 Å². The van der Waals surface area contributed by atoms with Crippen LogP contribution in [-0.2, 0) is 0 Å². The normalized spacial score (nSPS) is 10.8. The molecule has 0 amide bonds. The predicted molar refractivity (Wildman–Crippen MR) is 78.9 cm³/mol. The molecule has 4 heteroatoms. The first kappa shape index (κ1) is 12.9. The largest absolute Gasteiger partial charge is 0.275 e. The van der Waals surface area contributed by atoms with Gasteiger partial charge in [-0.15, -0.1) is 0 Å². The van der Waals surface area contributed by atoms with E-state index in [-0.39, 0.29) is 0 Å². The molecule has 0 bridgehead atoms. The van der Waals surface area contributed by atoms with Crippen molar-refractivity contribution in [2.24, 2.45) is 5.10 Å². The molecule has 2 rings (SSSR count). The summed E-state index contributed by atoms with van der Waals surface area (Å²) >= 11 is 12.0. The van der Waals surface area contributed by atoms with Crippen LogP contribution >= 0.6 is 23.2 Å². The molecule has 92 valence electrons. The minimum Gasteiger partial charge on any atom is -0.275 e. The molecule has 2 aromatic carbocycles. The number of para-hydroxylation sites is 1. The first-order valence-electron chi connectivity index (χ1n) is 5.47. The second kappa shape index (κ2) is 5.89. The van der Waals surface area contributed by atoms with E-state index in [1.165, 1.54) is 0 Å². The Kier molecular flexibility index (Phi) is 4.24. The van der Waals surface area contributed by atoms with Crippen molar-refractivity contribution in [1.82, 2.24) is 0 Å². The molecule has 0 spiro atoms. The molecule has 0 aromatic heterocycles. The standard InChI is InChI=1S/C14H12Cl2N2/c1-10-5-2-3-6-11(10)9-17-18-14-12(15)7-4-8-13(14)16/h2-9,18H,1H3/b17-9-. The van der Waals surface area contributed by atoms with Crippen molar-refractivity contribution in [2.45, 2.75) is 6.92 Å². The molecule has 0 fully saturated rings. The Balaban J connectivity index is 2.15. The number of nitrogens with zero attached hydrogens (tertiary/aromatic N) is 1. The fourth-order valence-electron chi connectivity index (χ4n) is 1.50. The second-order valence-corrected chi connectivity index (χ2v) is 4.64. The average molecular weight is 279 g/mol. The van der Waals surface area contributed by atoms with E-state index in [2.05, 4.69) is 10.5 Å². The SMILES string of the molecule is Cc1ccccc1/C=N\Nc1c(Cl)cccc1Cl. The smallest absolute Gasteiger partial charge is 0.0934 e. The summed E-state index contributed by atoms with van der Waals surface area (Å²) in [5, 5.41) is 5.24. The Labute approximate surface area is 116 Å². The Morgan fingerprint density at radius 3 is 2.33 bits per heavy atom. The molecule has 2 nitrogen and oxygen atoms in total. The maximum atomic E-state index is 6.02. The molecule has 1 N–H and O–H groups in total. The highest BCUT2D eigenvalue weighted by atomic mass is 35.5. The quantitative estimate of drug-likeness (QED) is 0.636. The van der Waals surface area contributed by atoms with Crippen LogP contribution in [0.15, 0.2) is 47.6 Å². The summed E-state index contributed by atoms with van der Waals surface area (Å²) in [6.45, 7) is 2.03. The second-order valence-electron chi connectivity index (χ2n) is 3.82. The molecule has 0 aliphatic heterocycles. The van der Waals surface area contributed by atoms with Crippen molar-refractivity contribution < 1.29 is 0 Å². The highest BCUT2D eigenvalue weighted by Crippen LogP contribution is 2.29. The van der Waals surface area contributed by atoms with Crippen LogP contribution < -0.4 is 5.43 Å². The maximum Gasteiger partial charge on any atom is 0.0934 e. The van der Waals surface area contributed by atoms with Crippen LogP contribution in [0.1, 0.15) is 11.1 Å². The Hall–Kier alpha value is -1.51. The zero-order valence-corrected chi connectivity index (χ0v) is 11.3. The molecule has 0 aliphatic carbocycles. The van der Waals surface area contributed by atoms with E-state index in [4.69, 9.17) is 23.2 Å². The highest BCUT2D eigenvalue weighted by Gasteiger charge is 2.02. The van der Waals surface area contributed by atoms with Gasteiger partial charge in [-0.25, -0.2) is 0 Å². The fraction of sp³-hybridized carbons (Fsp3) is 0.0714. The Bertz CT molecular complexity index is 560. The van der Waals surface area contributed by atoms with Crippen LogP contribution in [0.4, 0.5) is 5.69 Å². The van der Waals surface area contributed by atoms with E-state index >= 15 is 0 Å². The first-order valence-corrected chi connectivity index (χ1v) is 6.23. The predicted octanol–water partition coefficient (Wildman–Crippen LogP) is 4.75. The summed E-state index contributed by atoms with van der Waals surface area (Å²) in [4.78, 5) is 0. The van der Waals surface area contributed by atoms with Gasteiger partial charge < -0.3 is 0 Å². The van der Waals surface area contributed by atoms with Crippen LogP contribution in [0.5, 0.6) is 0 Å². The number of hydrogen-bond donors (Lipinski definition) is 1. The number of hydrazone groups is 1. The lowest BCUT2D eigenvalue weighted by molar-refractivity contribution is 1.34. The lowest BCUT2D eigenvalue weighted by atomic mass is 10.1. The van der Waals surface area contributed by atoms with Gasteiger partial charge in [0.1, 0.15) is 0 Å². The lowest BCUT2D eigenvalue weighted by Gasteiger charge is -2.05. The third-order valence-corrected chi connectivity index (χ3v) is 3.16. The van der Waals surface area contributed by atoms with Gasteiger partial charge in [0.15, 0.2) is 0 Å². The molecule has 0 heterocycles. The molecule has 0 atom stereocenters. The molecule has 0 aliphatic rings. The van der Waals surface area contributed by atoms with Gasteiger partial charge in [0.05, 0.1) is 21.9 Å². The average Bonchev–Trinajstić information content (AvgIpc) is 2.35. The molecule has 0 radical (unpaired) electrons. The van der Waals surface area contributed by atoms with Crippen molar-refractivity contribution in [3.8, 4) is 0 Å². The summed E-state index contributed by atoms with van der Waals surface area (Å²) in [6.07, 6.45) is 1.75. The van der Waals surface area contributed by atoms with Crippen molar-refractivity contribution in [3.63, 3.8) is 0 Å². The van der Waals surface area contributed by atoms with E-state index in [9.17, 15) is 0 Å². The molecule has 2 aromatic rings. The zero-order valence-electron chi connectivity index (χ0n) is 9.82. The summed E-state index contributed by atoms with van der Waals surface area (Å²) < 4.78 is 0. The maximum absolute atomic E-state index is 6.02. The van der Waals surface area contributed by atoms with Crippen molar-refractivity contribution in [3.05, 3.63) is 63.6 Å². The summed E-state index contributed by atoms with van der Waals surface area (Å²) in [6, 6.07) is 13.3. The van der Waals surface area contributed by atoms with E-state index in [1.54, 1.807) is 24.4 Å². The molecular formula is C14H12Cl2N2. The number of aryl methyl sites for hydroxylation is 1. The van der Waals surface area contributed by atoms with Crippen LogP contribution in [0.25, 0.3) is 0 Å². The summed E-state index contributed by atoms with van der Waals surface area (Å²) in [5.74, 6) is 0. The monoisotopic (exact) mass is 278 g/mol. The first-order chi connectivity index (χ1) is 8.68. The van der Waals surface area contributed by atoms with Crippen molar-refractivity contribution in [2.75, 3.05) is 5.43 Å². The molecule has 18 heavy (non-hydrogen) atoms. The van der Waals surface area contributed by atoms with Crippen molar-refractivity contribution >= 4 is 35.1 Å². The zero-order chi connectivity index (χ0) is 13.0. The molecular weight excluding hydrogens is 267 g/mol. The number of nitrogens with one attached hydrogen (secondary N) is 1. The fourth-order valence-corrected chi connectivity index (χ4v) is 1.98. The third kappa shape index (κ3) is 3.03. The number of rotatable bonds is 3. The number of benzene rings is 2. The van der Waals surface area contributed by atoms with Gasteiger partial charge in [0, 0.05) is 0 Å². The minimum atomic E-state index is 0.546. The topological polar surface area (TPSA) is 24.4 Å². The van der Waals surface area contributed by atoms with E-state index in [1.807, 2.05) is 31.2 Å². The van der Waals surface area contributed by atoms with Gasteiger partial charge in [-0.3, -0.25) is 5.43 Å². The minimum absolute atomic E-state index is 0.546. The third-order valence-electron chi connectivity index (χ3n) is 2.53. The number of anilines is 1. The van der Waals surface area contributed by atoms with Gasteiger partial charge in [0.25, 0.3) is 0 Å². The molecule has 0 saturated carbocycles. The molecule has 0 unspecified atom stereocenters.